The van der Waals surface area contributed by atoms with Crippen LogP contribution in [0.1, 0.15) is 35.1 Å². The fraction of sp³-hybridized carbons (Fsp3) is 0.385. The number of aromatic nitrogens is 2. The molecule has 0 atom stereocenters. The number of nitrogen functional groups attached to an aromatic ring is 1. The number of carboxylic acids is 1. The highest BCUT2D eigenvalue weighted by atomic mass is 32.2. The number of thioether (sulfide) groups is 1. The van der Waals surface area contributed by atoms with E-state index in [-0.39, 0.29) is 5.69 Å². The van der Waals surface area contributed by atoms with Gasteiger partial charge in [-0.2, -0.15) is 11.8 Å². The summed E-state index contributed by atoms with van der Waals surface area (Å²) in [4.78, 5) is 15.6. The third-order valence-electron chi connectivity index (χ3n) is 3.51. The molecule has 0 saturated carbocycles. The minimum Gasteiger partial charge on any atom is -0.476 e. The third kappa shape index (κ3) is 2.06. The molecule has 1 aliphatic rings. The number of anilines is 1. The summed E-state index contributed by atoms with van der Waals surface area (Å²) in [6, 6.07) is 5.30. The number of hydrogen-bond donors (Lipinski definition) is 2. The summed E-state index contributed by atoms with van der Waals surface area (Å²) in [6.45, 7) is 0. The number of hydrogen-bond acceptors (Lipinski definition) is 4. The lowest BCUT2D eigenvalue weighted by atomic mass is 10.0. The van der Waals surface area contributed by atoms with Gasteiger partial charge in [-0.15, -0.1) is 0 Å². The van der Waals surface area contributed by atoms with Crippen LogP contribution in [-0.2, 0) is 0 Å². The van der Waals surface area contributed by atoms with Crippen LogP contribution in [0.3, 0.4) is 0 Å². The lowest BCUT2D eigenvalue weighted by Gasteiger charge is -2.20. The summed E-state index contributed by atoms with van der Waals surface area (Å²) in [7, 11) is 0. The largest absolute Gasteiger partial charge is 0.476 e. The van der Waals surface area contributed by atoms with Gasteiger partial charge >= 0.3 is 5.97 Å². The molecule has 2 aromatic heterocycles. The van der Waals surface area contributed by atoms with Crippen molar-refractivity contribution in [2.24, 2.45) is 0 Å². The molecule has 0 aliphatic carbocycles. The van der Waals surface area contributed by atoms with Crippen LogP contribution in [0.5, 0.6) is 0 Å². The molecule has 5 nitrogen and oxygen atoms in total. The predicted octanol–water partition coefficient (Wildman–Crippen LogP) is 2.23. The van der Waals surface area contributed by atoms with E-state index in [1.54, 1.807) is 22.6 Å². The van der Waals surface area contributed by atoms with Crippen molar-refractivity contribution < 1.29 is 9.90 Å². The maximum Gasteiger partial charge on any atom is 0.356 e. The van der Waals surface area contributed by atoms with E-state index in [0.717, 1.165) is 30.2 Å². The van der Waals surface area contributed by atoms with Gasteiger partial charge in [-0.05, 0) is 36.5 Å². The van der Waals surface area contributed by atoms with Crippen LogP contribution < -0.4 is 5.73 Å². The second-order valence-corrected chi connectivity index (χ2v) is 5.91. The van der Waals surface area contributed by atoms with Crippen molar-refractivity contribution in [3.63, 3.8) is 0 Å². The van der Waals surface area contributed by atoms with Crippen LogP contribution in [-0.4, -0.2) is 32.0 Å². The number of aromatic carboxylic acids is 1. The molecule has 2 aromatic rings. The maximum atomic E-state index is 11.3. The van der Waals surface area contributed by atoms with Gasteiger partial charge in [0.15, 0.2) is 5.69 Å². The Morgan fingerprint density at radius 1 is 1.42 bits per heavy atom. The Morgan fingerprint density at radius 2 is 2.16 bits per heavy atom. The molecule has 0 amide bonds. The van der Waals surface area contributed by atoms with Crippen molar-refractivity contribution in [2.45, 2.75) is 18.8 Å². The van der Waals surface area contributed by atoms with E-state index in [9.17, 15) is 9.90 Å². The SMILES string of the molecule is Nc1cccc2c(C(=O)O)nc(C3CCSCC3)n12. The molecule has 1 saturated heterocycles. The predicted molar refractivity (Wildman–Crippen MR) is 75.9 cm³/mol. The van der Waals surface area contributed by atoms with Gasteiger partial charge in [-0.3, -0.25) is 4.40 Å². The number of carboxylic acid groups (broad SMARTS) is 1. The van der Waals surface area contributed by atoms with Crippen molar-refractivity contribution in [2.75, 3.05) is 17.2 Å². The number of nitrogens with zero attached hydrogens (tertiary/aromatic N) is 2. The molecule has 1 fully saturated rings. The molecule has 3 N–H and O–H groups in total. The molecule has 0 unspecified atom stereocenters. The highest BCUT2D eigenvalue weighted by Gasteiger charge is 2.25. The van der Waals surface area contributed by atoms with Gasteiger partial charge in [0.2, 0.25) is 0 Å². The first-order valence-electron chi connectivity index (χ1n) is 6.26. The molecular weight excluding hydrogens is 262 g/mol. The van der Waals surface area contributed by atoms with Crippen LogP contribution in [0.4, 0.5) is 5.82 Å². The monoisotopic (exact) mass is 277 g/mol. The molecule has 3 heterocycles. The van der Waals surface area contributed by atoms with Crippen LogP contribution in [0.15, 0.2) is 18.2 Å². The lowest BCUT2D eigenvalue weighted by molar-refractivity contribution is 0.0693. The zero-order chi connectivity index (χ0) is 13.4. The molecule has 0 radical (unpaired) electrons. The zero-order valence-corrected chi connectivity index (χ0v) is 11.2. The first-order chi connectivity index (χ1) is 9.18. The summed E-state index contributed by atoms with van der Waals surface area (Å²) in [5.74, 6) is 2.83. The Balaban J connectivity index is 2.20. The van der Waals surface area contributed by atoms with E-state index in [1.807, 2.05) is 11.8 Å². The number of pyridine rings is 1. The molecule has 100 valence electrons. The lowest BCUT2D eigenvalue weighted by Crippen LogP contribution is -2.12. The normalized spacial score (nSPS) is 16.8. The van der Waals surface area contributed by atoms with E-state index in [2.05, 4.69) is 4.98 Å². The average molecular weight is 277 g/mol. The summed E-state index contributed by atoms with van der Waals surface area (Å²) < 4.78 is 1.80. The molecule has 1 aliphatic heterocycles. The van der Waals surface area contributed by atoms with Crippen molar-refractivity contribution in [3.05, 3.63) is 29.7 Å². The highest BCUT2D eigenvalue weighted by Crippen LogP contribution is 2.33. The number of imidazole rings is 1. The van der Waals surface area contributed by atoms with Gasteiger partial charge in [-0.25, -0.2) is 9.78 Å². The molecular formula is C13H15N3O2S. The Hall–Kier alpha value is -1.69. The number of fused-ring (bicyclic) bond motifs is 1. The van der Waals surface area contributed by atoms with E-state index >= 15 is 0 Å². The van der Waals surface area contributed by atoms with Crippen LogP contribution in [0.25, 0.3) is 5.52 Å². The van der Waals surface area contributed by atoms with Gasteiger partial charge < -0.3 is 10.8 Å². The van der Waals surface area contributed by atoms with Gasteiger partial charge in [0.25, 0.3) is 0 Å². The van der Waals surface area contributed by atoms with E-state index in [4.69, 9.17) is 5.73 Å². The van der Waals surface area contributed by atoms with Crippen molar-refractivity contribution in [1.82, 2.24) is 9.38 Å². The number of nitrogens with two attached hydrogens (primary N) is 1. The van der Waals surface area contributed by atoms with Crippen molar-refractivity contribution >= 4 is 29.1 Å². The van der Waals surface area contributed by atoms with Gasteiger partial charge in [0, 0.05) is 5.92 Å². The number of rotatable bonds is 2. The molecule has 19 heavy (non-hydrogen) atoms. The van der Waals surface area contributed by atoms with Crippen molar-refractivity contribution in [3.8, 4) is 0 Å². The highest BCUT2D eigenvalue weighted by molar-refractivity contribution is 7.99. The molecule has 0 bridgehead atoms. The summed E-state index contributed by atoms with van der Waals surface area (Å²) in [5, 5.41) is 9.26. The minimum atomic E-state index is -1.00. The molecule has 6 heteroatoms. The summed E-state index contributed by atoms with van der Waals surface area (Å²) in [6.07, 6.45) is 2.05. The fourth-order valence-corrected chi connectivity index (χ4v) is 3.68. The summed E-state index contributed by atoms with van der Waals surface area (Å²) >= 11 is 1.93. The van der Waals surface area contributed by atoms with Gasteiger partial charge in [0.1, 0.15) is 11.6 Å². The Bertz CT molecular complexity index is 632. The van der Waals surface area contributed by atoms with Gasteiger partial charge in [-0.1, -0.05) is 6.07 Å². The second kappa shape index (κ2) is 4.77. The molecule has 0 aromatic carbocycles. The first-order valence-corrected chi connectivity index (χ1v) is 7.42. The first kappa shape index (κ1) is 12.3. The van der Waals surface area contributed by atoms with E-state index < -0.39 is 5.97 Å². The van der Waals surface area contributed by atoms with Gasteiger partial charge in [0.05, 0.1) is 5.52 Å². The van der Waals surface area contributed by atoms with Crippen LogP contribution in [0.2, 0.25) is 0 Å². The average Bonchev–Trinajstić information content (AvgIpc) is 2.81. The van der Waals surface area contributed by atoms with E-state index in [1.165, 1.54) is 0 Å². The van der Waals surface area contributed by atoms with Crippen LogP contribution in [0, 0.1) is 0 Å². The Labute approximate surface area is 114 Å². The topological polar surface area (TPSA) is 80.6 Å². The van der Waals surface area contributed by atoms with E-state index in [0.29, 0.717) is 17.3 Å². The molecule has 3 rings (SSSR count). The second-order valence-electron chi connectivity index (χ2n) is 4.68. The van der Waals surface area contributed by atoms with Crippen molar-refractivity contribution in [1.29, 1.82) is 0 Å². The number of carbonyl (C=O) groups is 1. The van der Waals surface area contributed by atoms with Crippen LogP contribution >= 0.6 is 11.8 Å². The third-order valence-corrected chi connectivity index (χ3v) is 4.56. The molecule has 0 spiro atoms. The quantitative estimate of drug-likeness (QED) is 0.879. The maximum absolute atomic E-state index is 11.3. The minimum absolute atomic E-state index is 0.0977. The standard InChI is InChI=1S/C13H15N3O2S/c14-10-3-1-2-9-11(13(17)18)15-12(16(9)10)8-4-6-19-7-5-8/h1-3,8H,4-7,14H2,(H,17,18). The Kier molecular flexibility index (Phi) is 3.10. The smallest absolute Gasteiger partial charge is 0.356 e. The summed E-state index contributed by atoms with van der Waals surface area (Å²) in [5.41, 5.74) is 6.68. The fourth-order valence-electron chi connectivity index (χ4n) is 2.58. The zero-order valence-electron chi connectivity index (χ0n) is 10.4. The Morgan fingerprint density at radius 3 is 2.84 bits per heavy atom.